The van der Waals surface area contributed by atoms with Crippen LogP contribution in [0.2, 0.25) is 0 Å². The largest absolute Gasteiger partial charge is 0.480 e. The Morgan fingerprint density at radius 2 is 2.40 bits per heavy atom. The van der Waals surface area contributed by atoms with E-state index in [9.17, 15) is 9.90 Å². The molecule has 0 aliphatic carbocycles. The van der Waals surface area contributed by atoms with Gasteiger partial charge in [-0.3, -0.25) is 0 Å². The van der Waals surface area contributed by atoms with E-state index in [1.165, 1.54) is 0 Å². The second kappa shape index (κ2) is 6.59. The van der Waals surface area contributed by atoms with Gasteiger partial charge >= 0.3 is 5.97 Å². The molecule has 0 saturated carbocycles. The van der Waals surface area contributed by atoms with Crippen LogP contribution in [0.5, 0.6) is 0 Å². The number of hydrogen-bond acceptors (Lipinski definition) is 3. The second-order valence-electron chi connectivity index (χ2n) is 5.26. The number of halogens is 1. The summed E-state index contributed by atoms with van der Waals surface area (Å²) >= 11 is 3.41. The molecule has 5 heteroatoms. The molecule has 2 unspecified atom stereocenters. The minimum absolute atomic E-state index is 0.0181. The van der Waals surface area contributed by atoms with Crippen molar-refractivity contribution in [2.24, 2.45) is 0 Å². The minimum atomic E-state index is -0.932. The van der Waals surface area contributed by atoms with Crippen molar-refractivity contribution in [3.05, 3.63) is 28.7 Å². The number of carbonyl (C=O) groups is 1. The van der Waals surface area contributed by atoms with Gasteiger partial charge in [0, 0.05) is 29.6 Å². The van der Waals surface area contributed by atoms with Gasteiger partial charge in [-0.1, -0.05) is 35.3 Å². The lowest BCUT2D eigenvalue weighted by Gasteiger charge is -2.39. The van der Waals surface area contributed by atoms with E-state index in [0.29, 0.717) is 19.4 Å². The van der Waals surface area contributed by atoms with Crippen LogP contribution in [0.25, 0.3) is 0 Å². The van der Waals surface area contributed by atoms with Crippen molar-refractivity contribution in [1.82, 2.24) is 0 Å². The molecule has 1 aliphatic heterocycles. The van der Waals surface area contributed by atoms with Gasteiger partial charge in [0.1, 0.15) is 5.54 Å². The van der Waals surface area contributed by atoms with Gasteiger partial charge in [-0.25, -0.2) is 4.79 Å². The molecular weight excluding hydrogens is 322 g/mol. The average molecular weight is 342 g/mol. The Bertz CT molecular complexity index is 478. The first-order valence-corrected chi connectivity index (χ1v) is 7.74. The molecule has 0 spiro atoms. The summed E-state index contributed by atoms with van der Waals surface area (Å²) in [7, 11) is 0. The number of rotatable bonds is 5. The van der Waals surface area contributed by atoms with Crippen molar-refractivity contribution in [3.8, 4) is 0 Å². The first kappa shape index (κ1) is 15.3. The molecule has 20 heavy (non-hydrogen) atoms. The standard InChI is InChI=1S/C15H20BrNO3/c1-2-4-13-10-15(14(18)19,7-8-20-13)17-12-6-3-5-11(16)9-12/h3,5-6,9,13,17H,2,4,7-8,10H2,1H3,(H,18,19). The van der Waals surface area contributed by atoms with Gasteiger partial charge in [0.2, 0.25) is 0 Å². The molecule has 1 aliphatic rings. The molecule has 4 nitrogen and oxygen atoms in total. The molecule has 1 saturated heterocycles. The molecule has 0 amide bonds. The second-order valence-corrected chi connectivity index (χ2v) is 6.17. The summed E-state index contributed by atoms with van der Waals surface area (Å²) < 4.78 is 6.60. The smallest absolute Gasteiger partial charge is 0.329 e. The minimum Gasteiger partial charge on any atom is -0.480 e. The summed E-state index contributed by atoms with van der Waals surface area (Å²) in [5.41, 5.74) is -0.113. The Morgan fingerprint density at radius 1 is 1.60 bits per heavy atom. The van der Waals surface area contributed by atoms with Gasteiger partial charge in [0.05, 0.1) is 6.10 Å². The fourth-order valence-electron chi connectivity index (χ4n) is 2.66. The van der Waals surface area contributed by atoms with Gasteiger partial charge in [0.15, 0.2) is 0 Å². The van der Waals surface area contributed by atoms with Gasteiger partial charge in [-0.2, -0.15) is 0 Å². The number of aliphatic carboxylic acids is 1. The Kier molecular flexibility index (Phi) is 5.05. The highest BCUT2D eigenvalue weighted by Gasteiger charge is 2.43. The van der Waals surface area contributed by atoms with E-state index in [-0.39, 0.29) is 6.10 Å². The van der Waals surface area contributed by atoms with Crippen molar-refractivity contribution < 1.29 is 14.6 Å². The third-order valence-electron chi connectivity index (χ3n) is 3.69. The van der Waals surface area contributed by atoms with E-state index >= 15 is 0 Å². The van der Waals surface area contributed by atoms with Crippen LogP contribution in [-0.2, 0) is 9.53 Å². The highest BCUT2D eigenvalue weighted by molar-refractivity contribution is 9.10. The van der Waals surface area contributed by atoms with Crippen molar-refractivity contribution in [3.63, 3.8) is 0 Å². The van der Waals surface area contributed by atoms with Crippen LogP contribution in [0.1, 0.15) is 32.6 Å². The van der Waals surface area contributed by atoms with E-state index in [4.69, 9.17) is 4.74 Å². The molecule has 2 rings (SSSR count). The van der Waals surface area contributed by atoms with Crippen LogP contribution >= 0.6 is 15.9 Å². The average Bonchev–Trinajstić information content (AvgIpc) is 2.39. The molecular formula is C15H20BrNO3. The monoisotopic (exact) mass is 341 g/mol. The van der Waals surface area contributed by atoms with Crippen LogP contribution in [0.15, 0.2) is 28.7 Å². The van der Waals surface area contributed by atoms with Gasteiger partial charge in [-0.05, 0) is 24.6 Å². The predicted molar refractivity (Wildman–Crippen MR) is 82.0 cm³/mol. The first-order chi connectivity index (χ1) is 9.55. The van der Waals surface area contributed by atoms with E-state index < -0.39 is 11.5 Å². The Hall–Kier alpha value is -1.07. The van der Waals surface area contributed by atoms with Crippen LogP contribution in [0.4, 0.5) is 5.69 Å². The maximum absolute atomic E-state index is 11.8. The Morgan fingerprint density at radius 3 is 3.05 bits per heavy atom. The molecule has 1 aromatic carbocycles. The number of carboxylic acids is 1. The number of nitrogens with one attached hydrogen (secondary N) is 1. The number of anilines is 1. The van der Waals surface area contributed by atoms with E-state index in [0.717, 1.165) is 23.0 Å². The Balaban J connectivity index is 2.19. The number of benzene rings is 1. The summed E-state index contributed by atoms with van der Waals surface area (Å²) in [5.74, 6) is -0.804. The quantitative estimate of drug-likeness (QED) is 0.857. The van der Waals surface area contributed by atoms with Crippen LogP contribution < -0.4 is 5.32 Å². The molecule has 110 valence electrons. The summed E-state index contributed by atoms with van der Waals surface area (Å²) in [5, 5.41) is 12.9. The van der Waals surface area contributed by atoms with Gasteiger partial charge in [0.25, 0.3) is 0 Å². The third kappa shape index (κ3) is 3.52. The zero-order valence-corrected chi connectivity index (χ0v) is 13.1. The zero-order valence-electron chi connectivity index (χ0n) is 11.6. The molecule has 0 bridgehead atoms. The van der Waals surface area contributed by atoms with E-state index in [1.54, 1.807) is 0 Å². The zero-order chi connectivity index (χ0) is 14.6. The summed E-state index contributed by atoms with van der Waals surface area (Å²) in [4.78, 5) is 11.8. The first-order valence-electron chi connectivity index (χ1n) is 6.94. The summed E-state index contributed by atoms with van der Waals surface area (Å²) in [6.07, 6.45) is 2.90. The van der Waals surface area contributed by atoms with Crippen LogP contribution in [-0.4, -0.2) is 29.3 Å². The lowest BCUT2D eigenvalue weighted by molar-refractivity contribution is -0.148. The van der Waals surface area contributed by atoms with E-state index in [2.05, 4.69) is 28.2 Å². The van der Waals surface area contributed by atoms with E-state index in [1.807, 2.05) is 24.3 Å². The fourth-order valence-corrected chi connectivity index (χ4v) is 3.06. The maximum atomic E-state index is 11.8. The fraction of sp³-hybridized carbons (Fsp3) is 0.533. The molecule has 2 N–H and O–H groups in total. The highest BCUT2D eigenvalue weighted by Crippen LogP contribution is 2.32. The van der Waals surface area contributed by atoms with Crippen molar-refractivity contribution in [2.75, 3.05) is 11.9 Å². The third-order valence-corrected chi connectivity index (χ3v) is 4.18. The molecule has 1 fully saturated rings. The number of ether oxygens (including phenoxy) is 1. The number of carboxylic acid groups (broad SMARTS) is 1. The SMILES string of the molecule is CCCC1CC(Nc2cccc(Br)c2)(C(=O)O)CCO1. The summed E-state index contributed by atoms with van der Waals surface area (Å²) in [6.45, 7) is 2.57. The Labute approximate surface area is 127 Å². The molecule has 0 radical (unpaired) electrons. The molecule has 1 aromatic rings. The maximum Gasteiger partial charge on any atom is 0.329 e. The lowest BCUT2D eigenvalue weighted by atomic mass is 9.85. The topological polar surface area (TPSA) is 58.6 Å². The van der Waals surface area contributed by atoms with Crippen LogP contribution in [0.3, 0.4) is 0 Å². The number of hydrogen-bond donors (Lipinski definition) is 2. The van der Waals surface area contributed by atoms with Crippen molar-refractivity contribution in [1.29, 1.82) is 0 Å². The predicted octanol–water partition coefficient (Wildman–Crippen LogP) is 3.66. The van der Waals surface area contributed by atoms with Gasteiger partial charge < -0.3 is 15.2 Å². The normalized spacial score (nSPS) is 26.2. The van der Waals surface area contributed by atoms with Gasteiger partial charge in [-0.15, -0.1) is 0 Å². The summed E-state index contributed by atoms with van der Waals surface area (Å²) in [6, 6.07) is 7.60. The molecule has 0 aromatic heterocycles. The highest BCUT2D eigenvalue weighted by atomic mass is 79.9. The molecule has 1 heterocycles. The van der Waals surface area contributed by atoms with Crippen molar-refractivity contribution in [2.45, 2.75) is 44.2 Å². The lowest BCUT2D eigenvalue weighted by Crippen LogP contribution is -2.53. The van der Waals surface area contributed by atoms with Crippen molar-refractivity contribution >= 4 is 27.6 Å². The van der Waals surface area contributed by atoms with Crippen LogP contribution in [0, 0.1) is 0 Å². The molecule has 2 atom stereocenters.